The molecule has 176 valence electrons. The number of carbonyl (C=O) groups excluding carboxylic acids is 2. The summed E-state index contributed by atoms with van der Waals surface area (Å²) in [5.74, 6) is -0.637. The van der Waals surface area contributed by atoms with Crippen LogP contribution in [-0.2, 0) is 14.3 Å². The Hall–Kier alpha value is -3.21. The summed E-state index contributed by atoms with van der Waals surface area (Å²) < 4.78 is 5.36. The van der Waals surface area contributed by atoms with E-state index in [4.69, 9.17) is 16.3 Å². The topological polar surface area (TPSA) is 117 Å². The highest BCUT2D eigenvalue weighted by atomic mass is 35.5. The van der Waals surface area contributed by atoms with Crippen LogP contribution < -0.4 is 15.5 Å². The second-order valence-corrected chi connectivity index (χ2v) is 7.88. The van der Waals surface area contributed by atoms with Gasteiger partial charge in [-0.3, -0.25) is 24.6 Å². The molecule has 11 heteroatoms. The first-order chi connectivity index (χ1) is 15.9. The van der Waals surface area contributed by atoms with Crippen LogP contribution in [0, 0.1) is 10.1 Å². The summed E-state index contributed by atoms with van der Waals surface area (Å²) in [5.41, 5.74) is 1.72. The fourth-order valence-corrected chi connectivity index (χ4v) is 3.58. The highest BCUT2D eigenvalue weighted by molar-refractivity contribution is 6.32. The number of carbonyl (C=O) groups is 2. The molecule has 1 aliphatic heterocycles. The van der Waals surface area contributed by atoms with Crippen molar-refractivity contribution in [1.29, 1.82) is 0 Å². The van der Waals surface area contributed by atoms with Crippen molar-refractivity contribution in [3.63, 3.8) is 0 Å². The smallest absolute Gasteiger partial charge is 0.289 e. The number of amides is 2. The minimum absolute atomic E-state index is 0.0113. The van der Waals surface area contributed by atoms with Gasteiger partial charge in [0.25, 0.3) is 5.69 Å². The van der Waals surface area contributed by atoms with E-state index in [1.807, 2.05) is 31.2 Å². The number of ether oxygens (including phenoxy) is 1. The Kier molecular flexibility index (Phi) is 8.58. The van der Waals surface area contributed by atoms with Crippen LogP contribution in [0.4, 0.5) is 22.7 Å². The van der Waals surface area contributed by atoms with Crippen LogP contribution in [0.25, 0.3) is 0 Å². The highest BCUT2D eigenvalue weighted by Gasteiger charge is 2.17. The first-order valence-electron chi connectivity index (χ1n) is 10.5. The molecule has 1 aliphatic rings. The highest BCUT2D eigenvalue weighted by Crippen LogP contribution is 2.27. The Morgan fingerprint density at radius 2 is 1.64 bits per heavy atom. The minimum Gasteiger partial charge on any atom is -0.378 e. The van der Waals surface area contributed by atoms with E-state index in [1.54, 1.807) is 4.90 Å². The molecule has 0 aromatic heterocycles. The molecule has 2 amide bonds. The third-order valence-corrected chi connectivity index (χ3v) is 5.46. The second kappa shape index (κ2) is 11.6. The van der Waals surface area contributed by atoms with Crippen molar-refractivity contribution in [3.8, 4) is 0 Å². The molecule has 33 heavy (non-hydrogen) atoms. The number of likely N-dealkylation sites (N-methyl/N-ethyl adjacent to an activating group) is 1. The van der Waals surface area contributed by atoms with E-state index in [9.17, 15) is 19.7 Å². The van der Waals surface area contributed by atoms with Gasteiger partial charge < -0.3 is 20.3 Å². The lowest BCUT2D eigenvalue weighted by Crippen LogP contribution is -2.38. The predicted molar refractivity (Wildman–Crippen MR) is 127 cm³/mol. The molecule has 0 unspecified atom stereocenters. The van der Waals surface area contributed by atoms with Gasteiger partial charge in [0.2, 0.25) is 11.8 Å². The van der Waals surface area contributed by atoms with Crippen molar-refractivity contribution >= 4 is 46.2 Å². The number of halogens is 1. The molecule has 2 N–H and O–H groups in total. The first-order valence-corrected chi connectivity index (χ1v) is 10.9. The standard InChI is InChI=1S/C22H26ClN5O5/c1-2-26(15-22(30)25-17-5-8-19(23)20(13-17)28(31)32)14-21(29)24-16-3-6-18(7-4-16)27-9-11-33-12-10-27/h3-8,13H,2,9-12,14-15H2,1H3,(H,24,29)(H,25,30). The minimum atomic E-state index is -0.617. The zero-order chi connectivity index (χ0) is 23.8. The van der Waals surface area contributed by atoms with Crippen LogP contribution in [0.15, 0.2) is 42.5 Å². The molecule has 10 nitrogen and oxygen atoms in total. The number of nitro benzene ring substituents is 1. The average Bonchev–Trinajstić information content (AvgIpc) is 2.80. The lowest BCUT2D eigenvalue weighted by Gasteiger charge is -2.29. The molecule has 0 saturated carbocycles. The van der Waals surface area contributed by atoms with Gasteiger partial charge in [-0.25, -0.2) is 0 Å². The number of hydrogen-bond donors (Lipinski definition) is 2. The van der Waals surface area contributed by atoms with Gasteiger partial charge in [-0.15, -0.1) is 0 Å². The molecule has 2 aromatic carbocycles. The fraction of sp³-hybridized carbons (Fsp3) is 0.364. The van der Waals surface area contributed by atoms with E-state index in [0.717, 1.165) is 18.8 Å². The molecule has 0 aliphatic carbocycles. The molecule has 0 spiro atoms. The SMILES string of the molecule is CCN(CC(=O)Nc1ccc(N2CCOCC2)cc1)CC(=O)Nc1ccc(Cl)c([N+](=O)[O-])c1. The number of nitrogens with zero attached hydrogens (tertiary/aromatic N) is 3. The third kappa shape index (κ3) is 7.14. The summed E-state index contributed by atoms with van der Waals surface area (Å²) in [6.45, 7) is 5.36. The quantitative estimate of drug-likeness (QED) is 0.423. The first kappa shape index (κ1) is 24.4. The van der Waals surface area contributed by atoms with E-state index in [-0.39, 0.29) is 35.4 Å². The number of morpholine rings is 1. The maximum atomic E-state index is 12.5. The van der Waals surface area contributed by atoms with E-state index >= 15 is 0 Å². The molecule has 0 radical (unpaired) electrons. The number of hydrogen-bond acceptors (Lipinski definition) is 7. The Bertz CT molecular complexity index is 995. The largest absolute Gasteiger partial charge is 0.378 e. The van der Waals surface area contributed by atoms with Crippen LogP contribution in [0.2, 0.25) is 5.02 Å². The summed E-state index contributed by atoms with van der Waals surface area (Å²) >= 11 is 5.79. The van der Waals surface area contributed by atoms with Crippen LogP contribution in [-0.4, -0.2) is 67.6 Å². The summed E-state index contributed by atoms with van der Waals surface area (Å²) in [7, 11) is 0. The van der Waals surface area contributed by atoms with E-state index in [1.165, 1.54) is 18.2 Å². The van der Waals surface area contributed by atoms with Crippen molar-refractivity contribution in [3.05, 3.63) is 57.6 Å². The van der Waals surface area contributed by atoms with E-state index in [2.05, 4.69) is 15.5 Å². The van der Waals surface area contributed by atoms with Crippen molar-refractivity contribution in [1.82, 2.24) is 4.90 Å². The lowest BCUT2D eigenvalue weighted by molar-refractivity contribution is -0.384. The fourth-order valence-electron chi connectivity index (χ4n) is 3.39. The maximum absolute atomic E-state index is 12.5. The molecule has 1 saturated heterocycles. The van der Waals surface area contributed by atoms with Crippen LogP contribution in [0.3, 0.4) is 0 Å². The Balaban J connectivity index is 1.50. The number of anilines is 3. The molecule has 3 rings (SSSR count). The summed E-state index contributed by atoms with van der Waals surface area (Å²) in [5, 5.41) is 16.4. The van der Waals surface area contributed by atoms with Gasteiger partial charge in [-0.2, -0.15) is 0 Å². The van der Waals surface area contributed by atoms with Crippen LogP contribution in [0.1, 0.15) is 6.92 Å². The van der Waals surface area contributed by atoms with Gasteiger partial charge >= 0.3 is 0 Å². The predicted octanol–water partition coefficient (Wildman–Crippen LogP) is 2.98. The van der Waals surface area contributed by atoms with Crippen molar-refractivity contribution in [2.75, 3.05) is 61.5 Å². The van der Waals surface area contributed by atoms with Gasteiger partial charge in [0.1, 0.15) is 5.02 Å². The second-order valence-electron chi connectivity index (χ2n) is 7.47. The van der Waals surface area contributed by atoms with Gasteiger partial charge in [0.15, 0.2) is 0 Å². The van der Waals surface area contributed by atoms with Gasteiger partial charge in [-0.05, 0) is 42.9 Å². The lowest BCUT2D eigenvalue weighted by atomic mass is 10.2. The van der Waals surface area contributed by atoms with Gasteiger partial charge in [-0.1, -0.05) is 18.5 Å². The Morgan fingerprint density at radius 1 is 1.06 bits per heavy atom. The maximum Gasteiger partial charge on any atom is 0.289 e. The zero-order valence-electron chi connectivity index (χ0n) is 18.3. The Labute approximate surface area is 196 Å². The number of nitro groups is 1. The number of benzene rings is 2. The van der Waals surface area contributed by atoms with Crippen molar-refractivity contribution in [2.45, 2.75) is 6.92 Å². The summed E-state index contributed by atoms with van der Waals surface area (Å²) in [4.78, 5) is 39.1. The van der Waals surface area contributed by atoms with Crippen molar-refractivity contribution < 1.29 is 19.2 Å². The average molecular weight is 476 g/mol. The van der Waals surface area contributed by atoms with E-state index < -0.39 is 10.8 Å². The van der Waals surface area contributed by atoms with Crippen LogP contribution >= 0.6 is 11.6 Å². The zero-order valence-corrected chi connectivity index (χ0v) is 19.0. The number of nitrogens with one attached hydrogen (secondary N) is 2. The molecule has 2 aromatic rings. The molecular formula is C22H26ClN5O5. The van der Waals surface area contributed by atoms with Gasteiger partial charge in [0, 0.05) is 36.2 Å². The third-order valence-electron chi connectivity index (χ3n) is 5.14. The normalized spacial score (nSPS) is 13.6. The molecule has 0 bridgehead atoms. The molecule has 1 fully saturated rings. The monoisotopic (exact) mass is 475 g/mol. The molecular weight excluding hydrogens is 450 g/mol. The van der Waals surface area contributed by atoms with E-state index in [0.29, 0.717) is 25.4 Å². The van der Waals surface area contributed by atoms with Gasteiger partial charge in [0.05, 0.1) is 31.2 Å². The van der Waals surface area contributed by atoms with Crippen LogP contribution in [0.5, 0.6) is 0 Å². The summed E-state index contributed by atoms with van der Waals surface area (Å²) in [6, 6.07) is 11.6. The molecule has 1 heterocycles. The molecule has 0 atom stereocenters. The number of rotatable bonds is 9. The summed E-state index contributed by atoms with van der Waals surface area (Å²) in [6.07, 6.45) is 0. The van der Waals surface area contributed by atoms with Crippen molar-refractivity contribution in [2.24, 2.45) is 0 Å². The Morgan fingerprint density at radius 3 is 2.21 bits per heavy atom.